The van der Waals surface area contributed by atoms with E-state index in [0.717, 1.165) is 42.0 Å². The first kappa shape index (κ1) is 17.2. The van der Waals surface area contributed by atoms with Crippen molar-refractivity contribution in [1.82, 2.24) is 10.3 Å². The molecule has 0 saturated carbocycles. The van der Waals surface area contributed by atoms with E-state index in [0.29, 0.717) is 0 Å². The Morgan fingerprint density at radius 3 is 2.55 bits per heavy atom. The van der Waals surface area contributed by atoms with Crippen molar-refractivity contribution >= 4 is 16.5 Å². The quantitative estimate of drug-likeness (QED) is 0.759. The molecule has 0 aromatic carbocycles. The van der Waals surface area contributed by atoms with E-state index in [1.807, 2.05) is 19.0 Å². The molecule has 5 nitrogen and oxygen atoms in total. The van der Waals surface area contributed by atoms with Crippen LogP contribution in [0.25, 0.3) is 0 Å². The fourth-order valence-electron chi connectivity index (χ4n) is 1.77. The lowest BCUT2D eigenvalue weighted by atomic mass is 9.90. The van der Waals surface area contributed by atoms with E-state index in [-0.39, 0.29) is 5.41 Å². The van der Waals surface area contributed by atoms with Gasteiger partial charge in [-0.1, -0.05) is 25.2 Å². The fourth-order valence-corrected chi connectivity index (χ4v) is 2.69. The van der Waals surface area contributed by atoms with Gasteiger partial charge in [0.05, 0.1) is 12.0 Å². The van der Waals surface area contributed by atoms with Crippen molar-refractivity contribution in [3.63, 3.8) is 0 Å². The van der Waals surface area contributed by atoms with Gasteiger partial charge in [0.15, 0.2) is 5.13 Å². The van der Waals surface area contributed by atoms with E-state index >= 15 is 0 Å². The first-order valence-corrected chi connectivity index (χ1v) is 7.62. The van der Waals surface area contributed by atoms with E-state index in [4.69, 9.17) is 9.47 Å². The Labute approximate surface area is 126 Å². The summed E-state index contributed by atoms with van der Waals surface area (Å²) in [6.07, 6.45) is 1.04. The molecular formula is C14H27N3O2S. The summed E-state index contributed by atoms with van der Waals surface area (Å²) < 4.78 is 10.5. The van der Waals surface area contributed by atoms with Gasteiger partial charge in [0.2, 0.25) is 5.88 Å². The van der Waals surface area contributed by atoms with Gasteiger partial charge in [0.1, 0.15) is 0 Å². The Bertz CT molecular complexity index is 405. The predicted octanol–water partition coefficient (Wildman–Crippen LogP) is 2.37. The number of nitrogens with one attached hydrogen (secondary N) is 1. The van der Waals surface area contributed by atoms with Gasteiger partial charge in [-0.2, -0.15) is 4.98 Å². The average molecular weight is 301 g/mol. The maximum Gasteiger partial charge on any atom is 0.230 e. The highest BCUT2D eigenvalue weighted by atomic mass is 32.1. The van der Waals surface area contributed by atoms with Gasteiger partial charge in [-0.15, -0.1) is 0 Å². The third-order valence-corrected chi connectivity index (χ3v) is 4.30. The van der Waals surface area contributed by atoms with Crippen LogP contribution < -0.4 is 15.0 Å². The molecule has 0 amide bonds. The van der Waals surface area contributed by atoms with Gasteiger partial charge >= 0.3 is 0 Å². The summed E-state index contributed by atoms with van der Waals surface area (Å²) >= 11 is 1.66. The number of ether oxygens (including phenoxy) is 2. The molecule has 20 heavy (non-hydrogen) atoms. The van der Waals surface area contributed by atoms with Crippen LogP contribution in [0.1, 0.15) is 25.1 Å². The molecule has 0 saturated heterocycles. The predicted molar refractivity (Wildman–Crippen MR) is 85.0 cm³/mol. The molecule has 0 fully saturated rings. The number of hydrogen-bond donors (Lipinski definition) is 1. The highest BCUT2D eigenvalue weighted by Gasteiger charge is 2.18. The maximum absolute atomic E-state index is 5.34. The van der Waals surface area contributed by atoms with Crippen LogP contribution in [0.4, 0.5) is 5.13 Å². The third-order valence-electron chi connectivity index (χ3n) is 3.10. The minimum absolute atomic E-state index is 0.221. The normalized spacial score (nSPS) is 11.7. The van der Waals surface area contributed by atoms with Crippen molar-refractivity contribution in [1.29, 1.82) is 0 Å². The van der Waals surface area contributed by atoms with Crippen molar-refractivity contribution in [2.24, 2.45) is 5.41 Å². The van der Waals surface area contributed by atoms with Crippen molar-refractivity contribution in [2.45, 2.75) is 26.8 Å². The Hall–Kier alpha value is -0.850. The third kappa shape index (κ3) is 5.26. The van der Waals surface area contributed by atoms with Crippen LogP contribution in [0.3, 0.4) is 0 Å². The molecule has 0 unspecified atom stereocenters. The zero-order chi connectivity index (χ0) is 15.2. The molecule has 0 radical (unpaired) electrons. The molecule has 0 bridgehead atoms. The minimum atomic E-state index is 0.221. The Kier molecular flexibility index (Phi) is 6.71. The topological polar surface area (TPSA) is 46.6 Å². The molecule has 6 heteroatoms. The second kappa shape index (κ2) is 7.81. The zero-order valence-electron chi connectivity index (χ0n) is 13.4. The van der Waals surface area contributed by atoms with Gasteiger partial charge in [-0.25, -0.2) is 0 Å². The van der Waals surface area contributed by atoms with Crippen molar-refractivity contribution in [3.05, 3.63) is 4.88 Å². The molecule has 1 N–H and O–H groups in total. The number of nitrogens with zero attached hydrogens (tertiary/aromatic N) is 2. The molecule has 0 atom stereocenters. The largest absolute Gasteiger partial charge is 0.480 e. The number of rotatable bonds is 9. The molecule has 0 spiro atoms. The van der Waals surface area contributed by atoms with Gasteiger partial charge in [0.25, 0.3) is 0 Å². The second-order valence-electron chi connectivity index (χ2n) is 5.83. The summed E-state index contributed by atoms with van der Waals surface area (Å²) in [5.41, 5.74) is 0.221. The lowest BCUT2D eigenvalue weighted by Crippen LogP contribution is -2.30. The van der Waals surface area contributed by atoms with Crippen LogP contribution in [0.5, 0.6) is 5.88 Å². The van der Waals surface area contributed by atoms with E-state index in [1.54, 1.807) is 25.6 Å². The van der Waals surface area contributed by atoms with Crippen molar-refractivity contribution in [3.8, 4) is 5.88 Å². The first-order valence-electron chi connectivity index (χ1n) is 6.80. The van der Waals surface area contributed by atoms with Gasteiger partial charge in [-0.3, -0.25) is 0 Å². The monoisotopic (exact) mass is 301 g/mol. The molecule has 0 aliphatic rings. The number of anilines is 1. The molecule has 1 heterocycles. The molecule has 1 aromatic heterocycles. The molecule has 0 aliphatic carbocycles. The van der Waals surface area contributed by atoms with E-state index in [1.165, 1.54) is 0 Å². The van der Waals surface area contributed by atoms with Gasteiger partial charge in [-0.05, 0) is 11.8 Å². The smallest absolute Gasteiger partial charge is 0.230 e. The summed E-state index contributed by atoms with van der Waals surface area (Å²) in [7, 11) is 7.39. The Morgan fingerprint density at radius 1 is 1.30 bits per heavy atom. The lowest BCUT2D eigenvalue weighted by Gasteiger charge is -2.24. The summed E-state index contributed by atoms with van der Waals surface area (Å²) in [6.45, 7) is 7.01. The van der Waals surface area contributed by atoms with Crippen LogP contribution in [0, 0.1) is 5.41 Å². The van der Waals surface area contributed by atoms with Gasteiger partial charge < -0.3 is 19.7 Å². The van der Waals surface area contributed by atoms with Crippen molar-refractivity contribution in [2.75, 3.05) is 46.4 Å². The number of thiazole rings is 1. The summed E-state index contributed by atoms with van der Waals surface area (Å²) in [5.74, 6) is 0.723. The Balaban J connectivity index is 2.53. The molecule has 1 rings (SSSR count). The van der Waals surface area contributed by atoms with E-state index in [2.05, 4.69) is 24.1 Å². The van der Waals surface area contributed by atoms with Gasteiger partial charge in [0, 0.05) is 40.9 Å². The maximum atomic E-state index is 5.34. The summed E-state index contributed by atoms with van der Waals surface area (Å²) in [6, 6.07) is 0. The SMILES string of the molecule is COCCC(C)(C)CNCc1sc(N(C)C)nc1OC. The molecule has 116 valence electrons. The summed E-state index contributed by atoms with van der Waals surface area (Å²) in [4.78, 5) is 7.59. The lowest BCUT2D eigenvalue weighted by molar-refractivity contribution is 0.150. The van der Waals surface area contributed by atoms with Crippen LogP contribution in [0.15, 0.2) is 0 Å². The highest BCUT2D eigenvalue weighted by Crippen LogP contribution is 2.30. The number of hydrogen-bond acceptors (Lipinski definition) is 6. The zero-order valence-corrected chi connectivity index (χ0v) is 14.3. The molecule has 0 aliphatic heterocycles. The highest BCUT2D eigenvalue weighted by molar-refractivity contribution is 7.15. The standard InChI is InChI=1S/C14H27N3O2S/c1-14(2,7-8-18-5)10-15-9-11-12(19-6)16-13(20-11)17(3)4/h15H,7-10H2,1-6H3. The fraction of sp³-hybridized carbons (Fsp3) is 0.786. The average Bonchev–Trinajstić information content (AvgIpc) is 2.80. The van der Waals surface area contributed by atoms with Crippen LogP contribution in [0.2, 0.25) is 0 Å². The number of methoxy groups -OCH3 is 2. The second-order valence-corrected chi connectivity index (χ2v) is 6.90. The number of aromatic nitrogens is 1. The molecular weight excluding hydrogens is 274 g/mol. The minimum Gasteiger partial charge on any atom is -0.480 e. The van der Waals surface area contributed by atoms with E-state index < -0.39 is 0 Å². The van der Waals surface area contributed by atoms with Crippen LogP contribution in [-0.2, 0) is 11.3 Å². The van der Waals surface area contributed by atoms with Crippen LogP contribution in [-0.4, -0.2) is 46.5 Å². The van der Waals surface area contributed by atoms with Crippen molar-refractivity contribution < 1.29 is 9.47 Å². The first-order chi connectivity index (χ1) is 9.39. The van der Waals surface area contributed by atoms with E-state index in [9.17, 15) is 0 Å². The Morgan fingerprint density at radius 2 is 2.00 bits per heavy atom. The van der Waals surface area contributed by atoms with Crippen LogP contribution >= 0.6 is 11.3 Å². The summed E-state index contributed by atoms with van der Waals surface area (Å²) in [5, 5.41) is 4.46. The molecule has 1 aromatic rings.